The highest BCUT2D eigenvalue weighted by molar-refractivity contribution is 5.76. The zero-order valence-electron chi connectivity index (χ0n) is 21.8. The number of aliphatic hydroxyl groups is 2. The van der Waals surface area contributed by atoms with Gasteiger partial charge in [0.25, 0.3) is 0 Å². The maximum atomic E-state index is 12.7. The fraction of sp³-hybridized carbons (Fsp3) is 0.862. The van der Waals surface area contributed by atoms with Crippen LogP contribution in [0.5, 0.6) is 0 Å². The molecule has 0 aromatic rings. The van der Waals surface area contributed by atoms with E-state index in [1.165, 1.54) is 0 Å². The molecular weight excluding hydrogens is 444 g/mol. The highest BCUT2D eigenvalue weighted by Crippen LogP contribution is 2.76. The molecule has 5 saturated carbocycles. The molecule has 5 fully saturated rings. The Morgan fingerprint density at radius 3 is 2.11 bits per heavy atom. The van der Waals surface area contributed by atoms with Crippen LogP contribution in [0.4, 0.5) is 0 Å². The molecule has 5 rings (SSSR count). The van der Waals surface area contributed by atoms with Gasteiger partial charge in [-0.3, -0.25) is 9.59 Å². The van der Waals surface area contributed by atoms with E-state index in [2.05, 4.69) is 27.4 Å². The number of rotatable bonds is 3. The van der Waals surface area contributed by atoms with E-state index in [9.17, 15) is 30.0 Å². The van der Waals surface area contributed by atoms with E-state index >= 15 is 0 Å². The Balaban J connectivity index is 1.60. The normalized spacial score (nSPS) is 55.1. The van der Waals surface area contributed by atoms with Crippen LogP contribution in [0, 0.1) is 57.2 Å². The summed E-state index contributed by atoms with van der Waals surface area (Å²) < 4.78 is 0. The molecule has 0 amide bonds. The number of allylic oxidation sites excluding steroid dienone is 1. The zero-order chi connectivity index (χ0) is 25.7. The molecular formula is C29H44O6. The number of carboxylic acids is 2. The maximum Gasteiger partial charge on any atom is 0.309 e. The van der Waals surface area contributed by atoms with Crippen molar-refractivity contribution in [2.45, 2.75) is 97.7 Å². The summed E-state index contributed by atoms with van der Waals surface area (Å²) in [5.74, 6) is -2.38. The van der Waals surface area contributed by atoms with Gasteiger partial charge >= 0.3 is 11.9 Å². The molecule has 35 heavy (non-hydrogen) atoms. The molecule has 6 nitrogen and oxygen atoms in total. The smallest absolute Gasteiger partial charge is 0.309 e. The lowest BCUT2D eigenvalue weighted by Crippen LogP contribution is -2.69. The second-order valence-corrected chi connectivity index (χ2v) is 13.8. The SMILES string of the molecule is C=C(C)C1CCC2(C(=O)O)CCC3(C)C(CC(O)C4C5(C)CCC(O)C(C(=O)O)C5CCC43C)C12. The predicted octanol–water partition coefficient (Wildman–Crippen LogP) is 4.73. The minimum Gasteiger partial charge on any atom is -0.481 e. The highest BCUT2D eigenvalue weighted by atomic mass is 16.4. The molecule has 4 N–H and O–H groups in total. The third-order valence-corrected chi connectivity index (χ3v) is 12.9. The van der Waals surface area contributed by atoms with Gasteiger partial charge in [-0.05, 0) is 111 Å². The van der Waals surface area contributed by atoms with Crippen molar-refractivity contribution in [2.24, 2.45) is 57.2 Å². The maximum absolute atomic E-state index is 12.7. The number of fused-ring (bicyclic) bond motifs is 7. The summed E-state index contributed by atoms with van der Waals surface area (Å²) in [5.41, 5.74) is -0.403. The lowest BCUT2D eigenvalue weighted by atomic mass is 9.32. The van der Waals surface area contributed by atoms with Gasteiger partial charge < -0.3 is 20.4 Å². The van der Waals surface area contributed by atoms with Gasteiger partial charge in [-0.1, -0.05) is 32.9 Å². The molecule has 0 radical (unpaired) electrons. The summed E-state index contributed by atoms with van der Waals surface area (Å²) >= 11 is 0. The van der Waals surface area contributed by atoms with Crippen LogP contribution in [-0.4, -0.2) is 44.6 Å². The fourth-order valence-corrected chi connectivity index (χ4v) is 11.2. The number of aliphatic carboxylic acids is 2. The van der Waals surface area contributed by atoms with E-state index in [0.717, 1.165) is 37.7 Å². The fourth-order valence-electron chi connectivity index (χ4n) is 11.2. The van der Waals surface area contributed by atoms with Gasteiger partial charge in [0.15, 0.2) is 0 Å². The monoisotopic (exact) mass is 488 g/mol. The first-order valence-corrected chi connectivity index (χ1v) is 13.7. The third kappa shape index (κ3) is 3.02. The van der Waals surface area contributed by atoms with E-state index in [1.807, 2.05) is 6.92 Å². The van der Waals surface area contributed by atoms with Crippen LogP contribution in [0.2, 0.25) is 0 Å². The average Bonchev–Trinajstić information content (AvgIpc) is 3.17. The Kier molecular flexibility index (Phi) is 5.63. The van der Waals surface area contributed by atoms with Crippen molar-refractivity contribution >= 4 is 11.9 Å². The third-order valence-electron chi connectivity index (χ3n) is 12.9. The summed E-state index contributed by atoms with van der Waals surface area (Å²) in [4.78, 5) is 25.0. The van der Waals surface area contributed by atoms with Crippen molar-refractivity contribution < 1.29 is 30.0 Å². The number of carboxylic acid groups (broad SMARTS) is 2. The van der Waals surface area contributed by atoms with E-state index in [-0.39, 0.29) is 45.8 Å². The van der Waals surface area contributed by atoms with Gasteiger partial charge in [0.1, 0.15) is 0 Å². The Bertz CT molecular complexity index is 945. The molecule has 0 bridgehead atoms. The van der Waals surface area contributed by atoms with Crippen molar-refractivity contribution in [1.29, 1.82) is 0 Å². The molecule has 0 aliphatic heterocycles. The van der Waals surface area contributed by atoms with Crippen molar-refractivity contribution in [1.82, 2.24) is 0 Å². The van der Waals surface area contributed by atoms with Crippen LogP contribution in [0.15, 0.2) is 12.2 Å². The van der Waals surface area contributed by atoms with Crippen molar-refractivity contribution in [3.8, 4) is 0 Å². The summed E-state index contributed by atoms with van der Waals surface area (Å²) in [6.07, 6.45) is 4.87. The Hall–Kier alpha value is -1.40. The topological polar surface area (TPSA) is 115 Å². The van der Waals surface area contributed by atoms with Gasteiger partial charge in [0.05, 0.1) is 23.5 Å². The summed E-state index contributed by atoms with van der Waals surface area (Å²) in [6, 6.07) is 0. The minimum atomic E-state index is -0.925. The van der Waals surface area contributed by atoms with E-state index in [1.54, 1.807) is 0 Å². The second kappa shape index (κ2) is 7.80. The molecule has 0 aromatic carbocycles. The van der Waals surface area contributed by atoms with Gasteiger partial charge in [-0.15, -0.1) is 0 Å². The van der Waals surface area contributed by atoms with Gasteiger partial charge in [-0.25, -0.2) is 0 Å². The van der Waals surface area contributed by atoms with Crippen LogP contribution in [0.25, 0.3) is 0 Å². The molecule has 196 valence electrons. The lowest BCUT2D eigenvalue weighted by Gasteiger charge is -2.72. The molecule has 0 spiro atoms. The average molecular weight is 489 g/mol. The first kappa shape index (κ1) is 25.3. The number of aliphatic hydroxyl groups excluding tert-OH is 2. The Morgan fingerprint density at radius 1 is 0.829 bits per heavy atom. The summed E-state index contributed by atoms with van der Waals surface area (Å²) in [7, 11) is 0. The van der Waals surface area contributed by atoms with Gasteiger partial charge in [0.2, 0.25) is 0 Å². The van der Waals surface area contributed by atoms with E-state index in [4.69, 9.17) is 0 Å². The van der Waals surface area contributed by atoms with E-state index in [0.29, 0.717) is 25.7 Å². The standard InChI is InChI=1S/C29H44O6/c1-15(2)16-6-11-29(25(34)35)13-12-27(4)18(22(16)29)14-20(31)23-26(3)9-8-19(30)21(24(32)33)17(26)7-10-28(23,27)5/h16-23,30-31H,1,6-14H2,2-5H3,(H,32,33)(H,34,35). The molecule has 5 aliphatic carbocycles. The lowest BCUT2D eigenvalue weighted by molar-refractivity contribution is -0.267. The first-order chi connectivity index (χ1) is 16.2. The summed E-state index contributed by atoms with van der Waals surface area (Å²) in [6.45, 7) is 13.1. The number of carbonyl (C=O) groups is 2. The Morgan fingerprint density at radius 2 is 1.51 bits per heavy atom. The van der Waals surface area contributed by atoms with Crippen molar-refractivity contribution in [3.05, 3.63) is 12.2 Å². The van der Waals surface area contributed by atoms with Crippen LogP contribution in [0.3, 0.4) is 0 Å². The number of hydrogen-bond acceptors (Lipinski definition) is 4. The molecule has 12 unspecified atom stereocenters. The predicted molar refractivity (Wildman–Crippen MR) is 131 cm³/mol. The molecule has 0 heterocycles. The van der Waals surface area contributed by atoms with Crippen LogP contribution >= 0.6 is 0 Å². The van der Waals surface area contributed by atoms with Crippen molar-refractivity contribution in [3.63, 3.8) is 0 Å². The molecule has 5 aliphatic rings. The molecule has 6 heteroatoms. The van der Waals surface area contributed by atoms with Crippen LogP contribution < -0.4 is 0 Å². The van der Waals surface area contributed by atoms with E-state index < -0.39 is 35.5 Å². The van der Waals surface area contributed by atoms with Crippen LogP contribution in [0.1, 0.15) is 85.5 Å². The van der Waals surface area contributed by atoms with Crippen LogP contribution in [-0.2, 0) is 9.59 Å². The first-order valence-electron chi connectivity index (χ1n) is 13.7. The minimum absolute atomic E-state index is 0.0193. The zero-order valence-corrected chi connectivity index (χ0v) is 21.8. The molecule has 0 aromatic heterocycles. The second-order valence-electron chi connectivity index (χ2n) is 13.8. The molecule has 12 atom stereocenters. The quantitative estimate of drug-likeness (QED) is 0.427. The van der Waals surface area contributed by atoms with Crippen molar-refractivity contribution in [2.75, 3.05) is 0 Å². The van der Waals surface area contributed by atoms with Gasteiger partial charge in [0, 0.05) is 0 Å². The largest absolute Gasteiger partial charge is 0.481 e. The van der Waals surface area contributed by atoms with Gasteiger partial charge in [-0.2, -0.15) is 0 Å². The highest BCUT2D eigenvalue weighted by Gasteiger charge is 2.73. The number of hydrogen-bond donors (Lipinski definition) is 4. The molecule has 0 saturated heterocycles. The Labute approximate surface area is 209 Å². The summed E-state index contributed by atoms with van der Waals surface area (Å²) in [5, 5.41) is 43.0.